The van der Waals surface area contributed by atoms with E-state index in [1.807, 2.05) is 6.92 Å². The zero-order chi connectivity index (χ0) is 15.6. The molecule has 1 atom stereocenters. The Kier molecular flexibility index (Phi) is 5.08. The van der Waals surface area contributed by atoms with E-state index in [2.05, 4.69) is 10.1 Å². The van der Waals surface area contributed by atoms with Gasteiger partial charge in [0.15, 0.2) is 0 Å². The maximum atomic E-state index is 13.4. The van der Waals surface area contributed by atoms with Crippen molar-refractivity contribution in [2.75, 3.05) is 12.4 Å². The number of carbonyl (C=O) groups excluding carboxylic acids is 1. The van der Waals surface area contributed by atoms with Gasteiger partial charge in [-0.15, -0.1) is 11.3 Å². The van der Waals surface area contributed by atoms with Crippen LogP contribution in [0.5, 0.6) is 0 Å². The highest BCUT2D eigenvalue weighted by Crippen LogP contribution is 2.36. The van der Waals surface area contributed by atoms with Crippen molar-refractivity contribution in [1.29, 1.82) is 0 Å². The van der Waals surface area contributed by atoms with Crippen molar-refractivity contribution in [1.82, 2.24) is 0 Å². The van der Waals surface area contributed by atoms with Gasteiger partial charge in [-0.2, -0.15) is 0 Å². The van der Waals surface area contributed by atoms with Gasteiger partial charge in [0, 0.05) is 5.56 Å². The minimum Gasteiger partial charge on any atom is -0.465 e. The largest absolute Gasteiger partial charge is 0.465 e. The van der Waals surface area contributed by atoms with Crippen LogP contribution in [-0.4, -0.2) is 13.1 Å². The van der Waals surface area contributed by atoms with Crippen LogP contribution in [0.4, 0.5) is 10.1 Å². The van der Waals surface area contributed by atoms with E-state index in [0.29, 0.717) is 14.4 Å². The minimum atomic E-state index is -0.542. The first-order chi connectivity index (χ1) is 9.92. The van der Waals surface area contributed by atoms with Crippen molar-refractivity contribution < 1.29 is 13.9 Å². The molecule has 0 spiro atoms. The number of ether oxygens (including phenoxy) is 1. The Hall–Kier alpha value is -1.30. The van der Waals surface area contributed by atoms with Crippen molar-refractivity contribution >= 4 is 46.2 Å². The van der Waals surface area contributed by atoms with Crippen LogP contribution in [0.2, 0.25) is 8.67 Å². The molecular weight excluding hydrogens is 336 g/mol. The van der Waals surface area contributed by atoms with E-state index in [1.54, 1.807) is 6.07 Å². The molecule has 21 heavy (non-hydrogen) atoms. The number of rotatable bonds is 4. The van der Waals surface area contributed by atoms with E-state index in [0.717, 1.165) is 5.56 Å². The van der Waals surface area contributed by atoms with Crippen LogP contribution < -0.4 is 5.32 Å². The quantitative estimate of drug-likeness (QED) is 0.776. The average molecular weight is 348 g/mol. The fourth-order valence-corrected chi connectivity index (χ4v) is 3.53. The number of benzene rings is 1. The number of anilines is 1. The number of hydrogen-bond acceptors (Lipinski definition) is 4. The third kappa shape index (κ3) is 3.67. The Morgan fingerprint density at radius 1 is 1.38 bits per heavy atom. The van der Waals surface area contributed by atoms with E-state index in [-0.39, 0.29) is 11.6 Å². The van der Waals surface area contributed by atoms with Gasteiger partial charge in [0.25, 0.3) is 0 Å². The van der Waals surface area contributed by atoms with E-state index in [4.69, 9.17) is 23.2 Å². The summed E-state index contributed by atoms with van der Waals surface area (Å²) in [6, 6.07) is 5.31. The molecule has 0 aliphatic rings. The molecule has 0 aliphatic carbocycles. The lowest BCUT2D eigenvalue weighted by Gasteiger charge is -2.17. The van der Waals surface area contributed by atoms with Crippen LogP contribution in [-0.2, 0) is 4.74 Å². The van der Waals surface area contributed by atoms with Gasteiger partial charge in [0.05, 0.1) is 33.1 Å². The molecule has 0 radical (unpaired) electrons. The predicted octanol–water partition coefficient (Wildman–Crippen LogP) is 5.15. The van der Waals surface area contributed by atoms with Gasteiger partial charge in [0.2, 0.25) is 0 Å². The molecule has 1 aromatic heterocycles. The lowest BCUT2D eigenvalue weighted by atomic mass is 10.1. The van der Waals surface area contributed by atoms with Crippen molar-refractivity contribution in [2.24, 2.45) is 0 Å². The summed E-state index contributed by atoms with van der Waals surface area (Å²) in [5.41, 5.74) is 1.38. The first-order valence-corrected chi connectivity index (χ1v) is 7.58. The molecule has 0 aliphatic heterocycles. The number of nitrogens with one attached hydrogen (secondary N) is 1. The second-order valence-corrected chi connectivity index (χ2v) is 6.61. The fraction of sp³-hybridized carbons (Fsp3) is 0.214. The van der Waals surface area contributed by atoms with Gasteiger partial charge < -0.3 is 10.1 Å². The number of methoxy groups -OCH3 is 1. The molecular formula is C14H12Cl2FNO2S. The summed E-state index contributed by atoms with van der Waals surface area (Å²) in [6.45, 7) is 1.84. The Balaban J connectivity index is 2.32. The maximum absolute atomic E-state index is 13.4. The summed E-state index contributed by atoms with van der Waals surface area (Å²) in [5.74, 6) is -0.994. The van der Waals surface area contributed by atoms with Crippen molar-refractivity contribution in [3.05, 3.63) is 49.9 Å². The Morgan fingerprint density at radius 2 is 2.10 bits per heavy atom. The molecule has 1 aromatic carbocycles. The van der Waals surface area contributed by atoms with Crippen LogP contribution in [0.1, 0.15) is 28.9 Å². The first kappa shape index (κ1) is 16.1. The predicted molar refractivity (Wildman–Crippen MR) is 84.1 cm³/mol. The summed E-state index contributed by atoms with van der Waals surface area (Å²) < 4.78 is 19.2. The lowest BCUT2D eigenvalue weighted by Crippen LogP contribution is -2.12. The molecule has 3 nitrogen and oxygen atoms in total. The average Bonchev–Trinajstić information content (AvgIpc) is 2.77. The fourth-order valence-electron chi connectivity index (χ4n) is 1.88. The van der Waals surface area contributed by atoms with Crippen molar-refractivity contribution in [3.63, 3.8) is 0 Å². The topological polar surface area (TPSA) is 38.3 Å². The number of halogens is 3. The summed E-state index contributed by atoms with van der Waals surface area (Å²) in [5, 5.41) is 3.06. The molecule has 0 saturated heterocycles. The zero-order valence-corrected chi connectivity index (χ0v) is 13.6. The second kappa shape index (κ2) is 6.64. The molecule has 1 N–H and O–H groups in total. The van der Waals surface area contributed by atoms with Crippen molar-refractivity contribution in [2.45, 2.75) is 13.0 Å². The van der Waals surface area contributed by atoms with Crippen LogP contribution in [0.15, 0.2) is 24.3 Å². The minimum absolute atomic E-state index is 0.244. The summed E-state index contributed by atoms with van der Waals surface area (Å²) in [4.78, 5) is 11.7. The van der Waals surface area contributed by atoms with Gasteiger partial charge in [-0.1, -0.05) is 23.2 Å². The monoisotopic (exact) mass is 347 g/mol. The molecule has 2 rings (SSSR count). The molecule has 112 valence electrons. The van der Waals surface area contributed by atoms with Gasteiger partial charge in [-0.05, 0) is 31.2 Å². The number of hydrogen-bond donors (Lipinski definition) is 1. The van der Waals surface area contributed by atoms with Crippen LogP contribution >= 0.6 is 34.5 Å². The smallest absolute Gasteiger partial charge is 0.339 e. The van der Waals surface area contributed by atoms with Crippen LogP contribution in [0.25, 0.3) is 0 Å². The van der Waals surface area contributed by atoms with Crippen LogP contribution in [0.3, 0.4) is 0 Å². The van der Waals surface area contributed by atoms with Gasteiger partial charge in [0.1, 0.15) is 5.82 Å². The maximum Gasteiger partial charge on any atom is 0.339 e. The highest BCUT2D eigenvalue weighted by Gasteiger charge is 2.18. The van der Waals surface area contributed by atoms with Gasteiger partial charge in [-0.3, -0.25) is 0 Å². The van der Waals surface area contributed by atoms with Gasteiger partial charge >= 0.3 is 5.97 Å². The highest BCUT2D eigenvalue weighted by atomic mass is 35.5. The lowest BCUT2D eigenvalue weighted by molar-refractivity contribution is 0.0601. The van der Waals surface area contributed by atoms with E-state index in [9.17, 15) is 9.18 Å². The number of carbonyl (C=O) groups is 1. The molecule has 1 heterocycles. The molecule has 1 unspecified atom stereocenters. The Labute approximate surface area is 135 Å². The molecule has 0 amide bonds. The van der Waals surface area contributed by atoms with E-state index >= 15 is 0 Å². The molecule has 0 fully saturated rings. The van der Waals surface area contributed by atoms with Crippen molar-refractivity contribution in [3.8, 4) is 0 Å². The van der Waals surface area contributed by atoms with E-state index in [1.165, 1.54) is 36.6 Å². The third-order valence-corrected chi connectivity index (χ3v) is 4.43. The Bertz CT molecular complexity index is 675. The summed E-state index contributed by atoms with van der Waals surface area (Å²) in [7, 11) is 1.27. The summed E-state index contributed by atoms with van der Waals surface area (Å²) in [6.07, 6.45) is 0. The highest BCUT2D eigenvalue weighted by molar-refractivity contribution is 7.20. The summed E-state index contributed by atoms with van der Waals surface area (Å²) >= 11 is 13.3. The third-order valence-electron chi connectivity index (χ3n) is 2.91. The molecule has 7 heteroatoms. The normalized spacial score (nSPS) is 12.0. The SMILES string of the molecule is COC(=O)c1ccc(F)cc1NC(C)c1cc(Cl)sc1Cl. The first-order valence-electron chi connectivity index (χ1n) is 6.01. The Morgan fingerprint density at radius 3 is 2.67 bits per heavy atom. The second-order valence-electron chi connectivity index (χ2n) is 4.33. The van der Waals surface area contributed by atoms with Crippen LogP contribution in [0, 0.1) is 5.82 Å². The molecule has 0 bridgehead atoms. The number of esters is 1. The molecule has 0 saturated carbocycles. The van der Waals surface area contributed by atoms with Gasteiger partial charge in [-0.25, -0.2) is 9.18 Å². The van der Waals surface area contributed by atoms with E-state index < -0.39 is 11.8 Å². The standard InChI is InChI=1S/C14H12Cl2FNO2S/c1-7(10-6-12(15)21-13(10)16)18-11-5-8(17)3-4-9(11)14(19)20-2/h3-7,18H,1-2H3. The molecule has 2 aromatic rings. The zero-order valence-electron chi connectivity index (χ0n) is 11.2. The number of thiophene rings is 1.